The lowest BCUT2D eigenvalue weighted by Crippen LogP contribution is -2.16. The summed E-state index contributed by atoms with van der Waals surface area (Å²) in [6, 6.07) is 8.18. The van der Waals surface area contributed by atoms with Crippen molar-refractivity contribution in [1.82, 2.24) is 15.1 Å². The predicted molar refractivity (Wildman–Crippen MR) is 71.6 cm³/mol. The van der Waals surface area contributed by atoms with E-state index in [1.54, 1.807) is 7.11 Å². The number of nitrogens with one attached hydrogen (secondary N) is 1. The summed E-state index contributed by atoms with van der Waals surface area (Å²) in [5.74, 6) is 0.916. The molecule has 0 fully saturated rings. The molecule has 0 amide bonds. The van der Waals surface area contributed by atoms with Gasteiger partial charge in [-0.1, -0.05) is 12.1 Å². The summed E-state index contributed by atoms with van der Waals surface area (Å²) in [5.41, 5.74) is 2.50. The van der Waals surface area contributed by atoms with E-state index in [4.69, 9.17) is 4.74 Å². The zero-order chi connectivity index (χ0) is 12.8. The van der Waals surface area contributed by atoms with Crippen molar-refractivity contribution in [3.8, 4) is 5.75 Å². The van der Waals surface area contributed by atoms with Crippen LogP contribution in [0.3, 0.4) is 0 Å². The lowest BCUT2D eigenvalue weighted by Gasteiger charge is -2.05. The third-order valence-electron chi connectivity index (χ3n) is 2.81. The number of methoxy groups -OCH3 is 1. The quantitative estimate of drug-likeness (QED) is 0.788. The van der Waals surface area contributed by atoms with Crippen LogP contribution in [0.4, 0.5) is 0 Å². The monoisotopic (exact) mass is 245 g/mol. The second-order valence-corrected chi connectivity index (χ2v) is 4.30. The van der Waals surface area contributed by atoms with Crippen LogP contribution in [0.25, 0.3) is 0 Å². The highest BCUT2D eigenvalue weighted by molar-refractivity contribution is 5.28. The highest BCUT2D eigenvalue weighted by Gasteiger charge is 1.97. The van der Waals surface area contributed by atoms with Crippen molar-refractivity contribution in [3.05, 3.63) is 47.8 Å². The van der Waals surface area contributed by atoms with E-state index in [0.717, 1.165) is 25.3 Å². The summed E-state index contributed by atoms with van der Waals surface area (Å²) in [5, 5.41) is 7.54. The van der Waals surface area contributed by atoms with Gasteiger partial charge in [-0.3, -0.25) is 4.68 Å². The molecule has 4 heteroatoms. The molecule has 2 rings (SSSR count). The lowest BCUT2D eigenvalue weighted by atomic mass is 10.1. The van der Waals surface area contributed by atoms with Crippen LogP contribution in [0.15, 0.2) is 36.7 Å². The molecule has 0 unspecified atom stereocenters. The molecule has 96 valence electrons. The Morgan fingerprint density at radius 2 is 2.22 bits per heavy atom. The summed E-state index contributed by atoms with van der Waals surface area (Å²) in [6.07, 6.45) is 4.91. The smallest absolute Gasteiger partial charge is 0.119 e. The Morgan fingerprint density at radius 1 is 1.33 bits per heavy atom. The molecule has 0 saturated carbocycles. The second kappa shape index (κ2) is 6.21. The van der Waals surface area contributed by atoms with Crippen molar-refractivity contribution in [2.75, 3.05) is 13.7 Å². The fourth-order valence-corrected chi connectivity index (χ4v) is 1.86. The van der Waals surface area contributed by atoms with Gasteiger partial charge in [0, 0.05) is 25.4 Å². The molecule has 1 aromatic heterocycles. The van der Waals surface area contributed by atoms with Crippen molar-refractivity contribution in [2.24, 2.45) is 7.05 Å². The minimum Gasteiger partial charge on any atom is -0.497 e. The molecule has 0 saturated heterocycles. The minimum atomic E-state index is 0.859. The number of benzene rings is 1. The maximum Gasteiger partial charge on any atom is 0.119 e. The van der Waals surface area contributed by atoms with Gasteiger partial charge in [-0.2, -0.15) is 5.10 Å². The van der Waals surface area contributed by atoms with E-state index in [1.165, 1.54) is 11.1 Å². The van der Waals surface area contributed by atoms with Gasteiger partial charge in [0.25, 0.3) is 0 Å². The SMILES string of the molecule is COc1cccc(CCNCc2cnn(C)c2)c1. The highest BCUT2D eigenvalue weighted by atomic mass is 16.5. The van der Waals surface area contributed by atoms with Crippen LogP contribution >= 0.6 is 0 Å². The van der Waals surface area contributed by atoms with Crippen LogP contribution in [-0.4, -0.2) is 23.4 Å². The zero-order valence-electron chi connectivity index (χ0n) is 10.9. The molecule has 0 aliphatic carbocycles. The predicted octanol–water partition coefficient (Wildman–Crippen LogP) is 1.76. The Hall–Kier alpha value is -1.81. The van der Waals surface area contributed by atoms with E-state index in [-0.39, 0.29) is 0 Å². The molecule has 0 aliphatic heterocycles. The van der Waals surface area contributed by atoms with E-state index in [1.807, 2.05) is 36.3 Å². The molecule has 1 N–H and O–H groups in total. The third-order valence-corrected chi connectivity index (χ3v) is 2.81. The van der Waals surface area contributed by atoms with Crippen LogP contribution < -0.4 is 10.1 Å². The Bertz CT molecular complexity index is 493. The first-order valence-electron chi connectivity index (χ1n) is 6.09. The molecule has 1 heterocycles. The number of nitrogens with zero attached hydrogens (tertiary/aromatic N) is 2. The molecular formula is C14H19N3O. The van der Waals surface area contributed by atoms with Crippen molar-refractivity contribution >= 4 is 0 Å². The Kier molecular flexibility index (Phi) is 4.36. The van der Waals surface area contributed by atoms with Gasteiger partial charge in [0.05, 0.1) is 13.3 Å². The number of aromatic nitrogens is 2. The van der Waals surface area contributed by atoms with Crippen LogP contribution in [-0.2, 0) is 20.0 Å². The van der Waals surface area contributed by atoms with Crippen molar-refractivity contribution in [2.45, 2.75) is 13.0 Å². The molecule has 0 atom stereocenters. The van der Waals surface area contributed by atoms with Gasteiger partial charge in [-0.25, -0.2) is 0 Å². The second-order valence-electron chi connectivity index (χ2n) is 4.30. The van der Waals surface area contributed by atoms with Crippen molar-refractivity contribution < 1.29 is 4.74 Å². The van der Waals surface area contributed by atoms with Gasteiger partial charge in [0.1, 0.15) is 5.75 Å². The molecule has 1 aromatic carbocycles. The first kappa shape index (κ1) is 12.6. The average Bonchev–Trinajstić information content (AvgIpc) is 2.81. The summed E-state index contributed by atoms with van der Waals surface area (Å²) in [6.45, 7) is 1.81. The number of ether oxygens (including phenoxy) is 1. The minimum absolute atomic E-state index is 0.859. The van der Waals surface area contributed by atoms with Crippen molar-refractivity contribution in [1.29, 1.82) is 0 Å². The van der Waals surface area contributed by atoms with Crippen LogP contribution in [0.2, 0.25) is 0 Å². The first-order valence-corrected chi connectivity index (χ1v) is 6.09. The normalized spacial score (nSPS) is 10.6. The van der Waals surface area contributed by atoms with E-state index in [2.05, 4.69) is 22.5 Å². The number of aryl methyl sites for hydroxylation is 1. The lowest BCUT2D eigenvalue weighted by molar-refractivity contribution is 0.414. The number of rotatable bonds is 6. The Morgan fingerprint density at radius 3 is 2.94 bits per heavy atom. The zero-order valence-corrected chi connectivity index (χ0v) is 10.9. The van der Waals surface area contributed by atoms with E-state index < -0.39 is 0 Å². The summed E-state index contributed by atoms with van der Waals surface area (Å²) in [7, 11) is 3.62. The van der Waals surface area contributed by atoms with Gasteiger partial charge < -0.3 is 10.1 Å². The summed E-state index contributed by atoms with van der Waals surface area (Å²) in [4.78, 5) is 0. The molecule has 0 radical (unpaired) electrons. The van der Waals surface area contributed by atoms with Crippen LogP contribution in [0, 0.1) is 0 Å². The largest absolute Gasteiger partial charge is 0.497 e. The first-order chi connectivity index (χ1) is 8.78. The maximum absolute atomic E-state index is 5.20. The number of hydrogen-bond donors (Lipinski definition) is 1. The standard InChI is InChI=1S/C14H19N3O/c1-17-11-13(10-16-17)9-15-7-6-12-4-3-5-14(8-12)18-2/h3-5,8,10-11,15H,6-7,9H2,1-2H3. The van der Waals surface area contributed by atoms with Gasteiger partial charge >= 0.3 is 0 Å². The fourth-order valence-electron chi connectivity index (χ4n) is 1.86. The topological polar surface area (TPSA) is 39.1 Å². The molecule has 0 bridgehead atoms. The van der Waals surface area contributed by atoms with Crippen LogP contribution in [0.1, 0.15) is 11.1 Å². The fraction of sp³-hybridized carbons (Fsp3) is 0.357. The van der Waals surface area contributed by atoms with Crippen molar-refractivity contribution in [3.63, 3.8) is 0 Å². The van der Waals surface area contributed by atoms with E-state index >= 15 is 0 Å². The van der Waals surface area contributed by atoms with Gasteiger partial charge in [0.15, 0.2) is 0 Å². The summed E-state index contributed by atoms with van der Waals surface area (Å²) >= 11 is 0. The average molecular weight is 245 g/mol. The highest BCUT2D eigenvalue weighted by Crippen LogP contribution is 2.12. The molecule has 18 heavy (non-hydrogen) atoms. The number of hydrogen-bond acceptors (Lipinski definition) is 3. The summed E-state index contributed by atoms with van der Waals surface area (Å²) < 4.78 is 7.02. The molecule has 0 spiro atoms. The van der Waals surface area contributed by atoms with E-state index in [9.17, 15) is 0 Å². The van der Waals surface area contributed by atoms with E-state index in [0.29, 0.717) is 0 Å². The van der Waals surface area contributed by atoms with Gasteiger partial charge in [-0.05, 0) is 30.7 Å². The van der Waals surface area contributed by atoms with Gasteiger partial charge in [-0.15, -0.1) is 0 Å². The molecule has 2 aromatic rings. The van der Waals surface area contributed by atoms with Gasteiger partial charge in [0.2, 0.25) is 0 Å². The molecule has 4 nitrogen and oxygen atoms in total. The van der Waals surface area contributed by atoms with Crippen LogP contribution in [0.5, 0.6) is 5.75 Å². The Labute approximate surface area is 108 Å². The third kappa shape index (κ3) is 3.60. The maximum atomic E-state index is 5.20. The Balaban J connectivity index is 1.74. The molecular weight excluding hydrogens is 226 g/mol. The molecule has 0 aliphatic rings.